The molecule has 256 valence electrons. The third-order valence-electron chi connectivity index (χ3n) is 8.85. The van der Waals surface area contributed by atoms with Gasteiger partial charge in [-0.2, -0.15) is 0 Å². The molecular formula is C40H39FN4O4S. The highest BCUT2D eigenvalue weighted by Crippen LogP contribution is 2.31. The van der Waals surface area contributed by atoms with Gasteiger partial charge >= 0.3 is 5.97 Å². The van der Waals surface area contributed by atoms with E-state index < -0.39 is 17.9 Å². The first-order valence-corrected chi connectivity index (χ1v) is 17.3. The molecule has 6 rings (SSSR count). The molecule has 0 aliphatic carbocycles. The molecule has 0 saturated carbocycles. The molecule has 0 bridgehead atoms. The number of likely N-dealkylation sites (tertiary alicyclic amines) is 1. The molecule has 0 radical (unpaired) electrons. The summed E-state index contributed by atoms with van der Waals surface area (Å²) >= 11 is 1.39. The van der Waals surface area contributed by atoms with E-state index in [1.807, 2.05) is 62.4 Å². The second-order valence-corrected chi connectivity index (χ2v) is 15.1. The van der Waals surface area contributed by atoms with Gasteiger partial charge in [0.05, 0.1) is 10.8 Å². The highest BCUT2D eigenvalue weighted by atomic mass is 32.1. The Morgan fingerprint density at radius 1 is 0.880 bits per heavy atom. The van der Waals surface area contributed by atoms with Crippen molar-refractivity contribution in [1.82, 2.24) is 20.2 Å². The standard InChI is InChI=1S/C40H39FN4O4S/c1-23-14-24(2)16-28(15-23)27-10-11-31(32(41)18-27)29-19-42-36(43-20-29)26-8-6-25(7-9-26)17-33(38(47)45-21-30(22-45)39(48)49)44-37(46)34-12-13-35(50-34)40(3,4)5/h6-16,18-20,30,33H,17,21-22H2,1-5H3,(H,44,46)(H,48,49)/t33-/m0/s1. The van der Waals surface area contributed by atoms with E-state index in [1.165, 1.54) is 22.3 Å². The smallest absolute Gasteiger partial charge is 0.310 e. The van der Waals surface area contributed by atoms with E-state index in [9.17, 15) is 19.5 Å². The van der Waals surface area contributed by atoms with Crippen molar-refractivity contribution >= 4 is 29.1 Å². The second kappa shape index (κ2) is 14.0. The maximum absolute atomic E-state index is 15.3. The SMILES string of the molecule is Cc1cc(C)cc(-c2ccc(-c3cnc(-c4ccc(C[C@H](NC(=O)c5ccc(C(C)(C)C)s5)C(=O)N5CC(C(=O)O)C5)cc4)nc3)c(F)c2)c1. The lowest BCUT2D eigenvalue weighted by atomic mass is 9.95. The molecule has 10 heteroatoms. The van der Waals surface area contributed by atoms with Crippen LogP contribution in [-0.2, 0) is 21.4 Å². The van der Waals surface area contributed by atoms with Crippen molar-refractivity contribution in [3.8, 4) is 33.6 Å². The van der Waals surface area contributed by atoms with E-state index in [-0.39, 0.29) is 42.6 Å². The molecule has 3 heterocycles. The fourth-order valence-electron chi connectivity index (χ4n) is 6.04. The first-order valence-electron chi connectivity index (χ1n) is 16.5. The molecule has 2 aromatic heterocycles. The van der Waals surface area contributed by atoms with Crippen LogP contribution in [0.2, 0.25) is 0 Å². The van der Waals surface area contributed by atoms with Crippen LogP contribution >= 0.6 is 11.3 Å². The third-order valence-corrected chi connectivity index (χ3v) is 10.4. The Kier molecular flexibility index (Phi) is 9.67. The molecule has 50 heavy (non-hydrogen) atoms. The monoisotopic (exact) mass is 690 g/mol. The van der Waals surface area contributed by atoms with Crippen molar-refractivity contribution in [3.05, 3.63) is 117 Å². The van der Waals surface area contributed by atoms with Crippen LogP contribution in [0.4, 0.5) is 4.39 Å². The van der Waals surface area contributed by atoms with Crippen LogP contribution in [0.3, 0.4) is 0 Å². The minimum atomic E-state index is -0.940. The molecule has 2 N–H and O–H groups in total. The number of nitrogens with one attached hydrogen (secondary N) is 1. The summed E-state index contributed by atoms with van der Waals surface area (Å²) in [6.07, 6.45) is 3.42. The number of rotatable bonds is 9. The maximum atomic E-state index is 15.3. The lowest BCUT2D eigenvalue weighted by Gasteiger charge is -2.38. The molecule has 1 fully saturated rings. The summed E-state index contributed by atoms with van der Waals surface area (Å²) in [7, 11) is 0. The number of amides is 2. The Morgan fingerprint density at radius 2 is 1.52 bits per heavy atom. The van der Waals surface area contributed by atoms with Gasteiger partial charge in [-0.3, -0.25) is 14.4 Å². The minimum absolute atomic E-state index is 0.112. The number of benzene rings is 3. The van der Waals surface area contributed by atoms with Gasteiger partial charge in [-0.1, -0.05) is 86.5 Å². The Labute approximate surface area is 295 Å². The van der Waals surface area contributed by atoms with E-state index >= 15 is 4.39 Å². The van der Waals surface area contributed by atoms with E-state index in [2.05, 4.69) is 42.1 Å². The summed E-state index contributed by atoms with van der Waals surface area (Å²) in [6.45, 7) is 10.5. The Hall–Kier alpha value is -5.22. The number of carbonyl (C=O) groups excluding carboxylic acids is 2. The number of carbonyl (C=O) groups is 3. The number of hydrogen-bond donors (Lipinski definition) is 2. The molecular weight excluding hydrogens is 652 g/mol. The maximum Gasteiger partial charge on any atom is 0.310 e. The van der Waals surface area contributed by atoms with Gasteiger partial charge < -0.3 is 15.3 Å². The summed E-state index contributed by atoms with van der Waals surface area (Å²) in [5.74, 6) is -2.11. The second-order valence-electron chi connectivity index (χ2n) is 14.0. The van der Waals surface area contributed by atoms with Gasteiger partial charge in [0.2, 0.25) is 5.91 Å². The quantitative estimate of drug-likeness (QED) is 0.166. The fourth-order valence-corrected chi connectivity index (χ4v) is 7.01. The predicted molar refractivity (Wildman–Crippen MR) is 193 cm³/mol. The van der Waals surface area contributed by atoms with Crippen LogP contribution in [0.25, 0.3) is 33.6 Å². The summed E-state index contributed by atoms with van der Waals surface area (Å²) in [6, 6.07) is 21.5. The Morgan fingerprint density at radius 3 is 2.10 bits per heavy atom. The molecule has 1 saturated heterocycles. The predicted octanol–water partition coefficient (Wildman–Crippen LogP) is 7.48. The number of carboxylic acids is 1. The number of carboxylic acid groups (broad SMARTS) is 1. The average Bonchev–Trinajstić information content (AvgIpc) is 3.55. The number of aliphatic carboxylic acids is 1. The normalized spacial score (nSPS) is 13.8. The van der Waals surface area contributed by atoms with Crippen LogP contribution < -0.4 is 5.32 Å². The van der Waals surface area contributed by atoms with Crippen molar-refractivity contribution in [2.75, 3.05) is 13.1 Å². The van der Waals surface area contributed by atoms with Crippen LogP contribution in [0.1, 0.15) is 52.0 Å². The number of aryl methyl sites for hydroxylation is 2. The zero-order valence-electron chi connectivity index (χ0n) is 28.7. The molecule has 0 spiro atoms. The summed E-state index contributed by atoms with van der Waals surface area (Å²) in [5, 5.41) is 12.2. The van der Waals surface area contributed by atoms with E-state index in [0.29, 0.717) is 21.8 Å². The molecule has 0 unspecified atom stereocenters. The number of halogens is 1. The highest BCUT2D eigenvalue weighted by molar-refractivity contribution is 7.14. The van der Waals surface area contributed by atoms with Gasteiger partial charge in [0.1, 0.15) is 11.9 Å². The van der Waals surface area contributed by atoms with Gasteiger partial charge in [-0.25, -0.2) is 14.4 Å². The molecule has 3 aromatic carbocycles. The van der Waals surface area contributed by atoms with E-state index in [1.54, 1.807) is 24.5 Å². The largest absolute Gasteiger partial charge is 0.481 e. The van der Waals surface area contributed by atoms with Gasteiger partial charge in [-0.15, -0.1) is 11.3 Å². The van der Waals surface area contributed by atoms with Crippen LogP contribution in [0.15, 0.2) is 85.2 Å². The molecule has 2 amide bonds. The molecule has 8 nitrogen and oxygen atoms in total. The number of aromatic nitrogens is 2. The topological polar surface area (TPSA) is 112 Å². The van der Waals surface area contributed by atoms with Crippen LogP contribution in [-0.4, -0.2) is 56.9 Å². The molecule has 5 aromatic rings. The van der Waals surface area contributed by atoms with Gasteiger partial charge in [0.15, 0.2) is 5.82 Å². The zero-order valence-corrected chi connectivity index (χ0v) is 29.5. The Balaban J connectivity index is 1.16. The Bertz CT molecular complexity index is 2040. The first-order chi connectivity index (χ1) is 23.7. The van der Waals surface area contributed by atoms with E-state index in [0.717, 1.165) is 38.3 Å². The van der Waals surface area contributed by atoms with Crippen molar-refractivity contribution in [1.29, 1.82) is 0 Å². The third kappa shape index (κ3) is 7.65. The lowest BCUT2D eigenvalue weighted by Crippen LogP contribution is -2.59. The number of thiophene rings is 1. The lowest BCUT2D eigenvalue weighted by molar-refractivity contribution is -0.153. The van der Waals surface area contributed by atoms with Crippen LogP contribution in [0, 0.1) is 25.6 Å². The first kappa shape index (κ1) is 34.6. The van der Waals surface area contributed by atoms with Crippen molar-refractivity contribution < 1.29 is 23.9 Å². The fraction of sp³-hybridized carbons (Fsp3) is 0.275. The summed E-state index contributed by atoms with van der Waals surface area (Å²) in [5.41, 5.74) is 6.39. The molecule has 1 aliphatic heterocycles. The number of nitrogens with zero attached hydrogens (tertiary/aromatic N) is 3. The molecule has 1 aliphatic rings. The molecule has 1 atom stereocenters. The van der Waals surface area contributed by atoms with Gasteiger partial charge in [-0.05, 0) is 54.2 Å². The average molecular weight is 691 g/mol. The van der Waals surface area contributed by atoms with E-state index in [4.69, 9.17) is 0 Å². The van der Waals surface area contributed by atoms with Gasteiger partial charge in [0.25, 0.3) is 5.91 Å². The highest BCUT2D eigenvalue weighted by Gasteiger charge is 2.39. The zero-order chi connectivity index (χ0) is 35.7. The summed E-state index contributed by atoms with van der Waals surface area (Å²) in [4.78, 5) is 50.2. The minimum Gasteiger partial charge on any atom is -0.481 e. The number of hydrogen-bond acceptors (Lipinski definition) is 6. The summed E-state index contributed by atoms with van der Waals surface area (Å²) < 4.78 is 15.3. The van der Waals surface area contributed by atoms with Crippen LogP contribution in [0.5, 0.6) is 0 Å². The van der Waals surface area contributed by atoms with Gasteiger partial charge in [0, 0.05) is 53.5 Å². The van der Waals surface area contributed by atoms with Crippen molar-refractivity contribution in [2.24, 2.45) is 5.92 Å². The van der Waals surface area contributed by atoms with Crippen molar-refractivity contribution in [3.63, 3.8) is 0 Å². The van der Waals surface area contributed by atoms with Crippen molar-refractivity contribution in [2.45, 2.75) is 52.5 Å².